The van der Waals surface area contributed by atoms with Crippen LogP contribution in [-0.4, -0.2) is 24.4 Å². The van der Waals surface area contributed by atoms with Crippen LogP contribution >= 0.6 is 0 Å². The summed E-state index contributed by atoms with van der Waals surface area (Å²) in [6.07, 6.45) is 4.30. The Labute approximate surface area is 141 Å². The highest BCUT2D eigenvalue weighted by Gasteiger charge is 2.14. The van der Waals surface area contributed by atoms with E-state index in [4.69, 9.17) is 5.73 Å². The molecule has 9 nitrogen and oxygen atoms in total. The number of nitrogens with two attached hydrogens (primary N) is 1. The molecule has 0 spiro atoms. The lowest BCUT2D eigenvalue weighted by Crippen LogP contribution is -2.08. The Morgan fingerprint density at radius 3 is 2.80 bits per heavy atom. The average Bonchev–Trinajstić information content (AvgIpc) is 2.98. The molecule has 25 heavy (non-hydrogen) atoms. The second-order valence-electron chi connectivity index (χ2n) is 5.20. The zero-order valence-corrected chi connectivity index (χ0v) is 13.2. The van der Waals surface area contributed by atoms with Gasteiger partial charge in [-0.2, -0.15) is 4.98 Å². The molecule has 3 rings (SSSR count). The number of nitrogens with one attached hydrogen (secondary N) is 1. The number of aryl methyl sites for hydroxylation is 1. The van der Waals surface area contributed by atoms with E-state index in [1.54, 1.807) is 36.0 Å². The Morgan fingerprint density at radius 1 is 1.40 bits per heavy atom. The lowest BCUT2D eigenvalue weighted by atomic mass is 10.2. The number of halogens is 1. The van der Waals surface area contributed by atoms with Crippen LogP contribution in [0.2, 0.25) is 0 Å². The Hall–Kier alpha value is -3.56. The highest BCUT2D eigenvalue weighted by molar-refractivity contribution is 5.53. The van der Waals surface area contributed by atoms with Gasteiger partial charge >= 0.3 is 5.69 Å². The Kier molecular flexibility index (Phi) is 4.25. The van der Waals surface area contributed by atoms with E-state index in [0.29, 0.717) is 17.1 Å². The van der Waals surface area contributed by atoms with Gasteiger partial charge in [-0.25, -0.2) is 14.4 Å². The van der Waals surface area contributed by atoms with Gasteiger partial charge in [-0.1, -0.05) is 6.07 Å². The first-order chi connectivity index (χ1) is 12.0. The molecule has 2 aromatic heterocycles. The van der Waals surface area contributed by atoms with Gasteiger partial charge in [0.05, 0.1) is 10.6 Å². The van der Waals surface area contributed by atoms with E-state index in [1.165, 1.54) is 6.07 Å². The van der Waals surface area contributed by atoms with Crippen molar-refractivity contribution >= 4 is 17.5 Å². The first-order valence-electron chi connectivity index (χ1n) is 7.25. The molecular formula is C15H14FN7O2. The zero-order chi connectivity index (χ0) is 18.0. The quantitative estimate of drug-likeness (QED) is 0.537. The predicted octanol–water partition coefficient (Wildman–Crippen LogP) is 2.21. The smallest absolute Gasteiger partial charge is 0.329 e. The fourth-order valence-corrected chi connectivity index (χ4v) is 2.28. The van der Waals surface area contributed by atoms with Gasteiger partial charge in [0.25, 0.3) is 0 Å². The summed E-state index contributed by atoms with van der Waals surface area (Å²) in [5, 5.41) is 13.5. The molecule has 0 amide bonds. The minimum Gasteiger partial charge on any atom is -0.378 e. The Balaban J connectivity index is 1.74. The second kappa shape index (κ2) is 6.51. The van der Waals surface area contributed by atoms with E-state index in [9.17, 15) is 14.5 Å². The van der Waals surface area contributed by atoms with Crippen LogP contribution < -0.4 is 11.1 Å². The SMILES string of the molecule is Cc1nccn1-c1ccc(CNc2ncc([N+](=O)[O-])c(N)n2)cc1F. The number of imidazole rings is 1. The van der Waals surface area contributed by atoms with Gasteiger partial charge in [0.15, 0.2) is 0 Å². The van der Waals surface area contributed by atoms with Gasteiger partial charge in [0.2, 0.25) is 11.8 Å². The van der Waals surface area contributed by atoms with Crippen molar-refractivity contribution in [1.29, 1.82) is 0 Å². The molecule has 1 aromatic carbocycles. The van der Waals surface area contributed by atoms with Gasteiger partial charge in [-0.3, -0.25) is 10.1 Å². The van der Waals surface area contributed by atoms with Gasteiger partial charge in [0.1, 0.15) is 17.8 Å². The van der Waals surface area contributed by atoms with Gasteiger partial charge in [-0.15, -0.1) is 0 Å². The van der Waals surface area contributed by atoms with Crippen LogP contribution in [0.4, 0.5) is 21.8 Å². The van der Waals surface area contributed by atoms with Crippen LogP contribution in [0.1, 0.15) is 11.4 Å². The number of nitrogen functional groups attached to an aromatic ring is 1. The number of benzene rings is 1. The third-order valence-corrected chi connectivity index (χ3v) is 3.54. The van der Waals surface area contributed by atoms with E-state index >= 15 is 0 Å². The minimum absolute atomic E-state index is 0.123. The monoisotopic (exact) mass is 343 g/mol. The first kappa shape index (κ1) is 16.3. The molecule has 0 aliphatic rings. The topological polar surface area (TPSA) is 125 Å². The van der Waals surface area contributed by atoms with Crippen LogP contribution in [0, 0.1) is 22.9 Å². The van der Waals surface area contributed by atoms with Crippen LogP contribution in [0.25, 0.3) is 5.69 Å². The van der Waals surface area contributed by atoms with Crippen LogP contribution in [0.3, 0.4) is 0 Å². The third-order valence-electron chi connectivity index (χ3n) is 3.54. The largest absolute Gasteiger partial charge is 0.378 e. The number of aromatic nitrogens is 4. The fraction of sp³-hybridized carbons (Fsp3) is 0.133. The third kappa shape index (κ3) is 3.37. The van der Waals surface area contributed by atoms with E-state index in [-0.39, 0.29) is 24.0 Å². The van der Waals surface area contributed by atoms with Crippen molar-refractivity contribution in [2.75, 3.05) is 11.1 Å². The summed E-state index contributed by atoms with van der Waals surface area (Å²) >= 11 is 0. The van der Waals surface area contributed by atoms with Crippen LogP contribution in [0.15, 0.2) is 36.8 Å². The number of rotatable bonds is 5. The Morgan fingerprint density at radius 2 is 2.20 bits per heavy atom. The summed E-state index contributed by atoms with van der Waals surface area (Å²) in [5.41, 5.74) is 6.19. The molecule has 0 atom stereocenters. The number of anilines is 2. The molecule has 0 saturated carbocycles. The maximum absolute atomic E-state index is 14.3. The number of nitrogens with zero attached hydrogens (tertiary/aromatic N) is 5. The normalized spacial score (nSPS) is 10.6. The molecule has 0 saturated heterocycles. The minimum atomic E-state index is -0.661. The van der Waals surface area contributed by atoms with E-state index in [2.05, 4.69) is 20.3 Å². The van der Waals surface area contributed by atoms with Gasteiger partial charge < -0.3 is 15.6 Å². The van der Waals surface area contributed by atoms with Crippen molar-refractivity contribution in [2.45, 2.75) is 13.5 Å². The van der Waals surface area contributed by atoms with Crippen LogP contribution in [0.5, 0.6) is 0 Å². The van der Waals surface area contributed by atoms with Crippen molar-refractivity contribution < 1.29 is 9.31 Å². The molecule has 0 aliphatic carbocycles. The molecule has 0 radical (unpaired) electrons. The summed E-state index contributed by atoms with van der Waals surface area (Å²) in [6, 6.07) is 4.78. The Bertz CT molecular complexity index is 941. The van der Waals surface area contributed by atoms with E-state index in [1.807, 2.05) is 0 Å². The highest BCUT2D eigenvalue weighted by Crippen LogP contribution is 2.20. The summed E-state index contributed by atoms with van der Waals surface area (Å²) in [6.45, 7) is 2.02. The number of hydrogen-bond donors (Lipinski definition) is 2. The molecule has 128 valence electrons. The molecule has 0 bridgehead atoms. The molecule has 0 fully saturated rings. The maximum Gasteiger partial charge on any atom is 0.329 e. The number of nitro groups is 1. The van der Waals surface area contributed by atoms with Crippen molar-refractivity contribution in [3.63, 3.8) is 0 Å². The summed E-state index contributed by atoms with van der Waals surface area (Å²) in [5.74, 6) is 0.168. The average molecular weight is 343 g/mol. The van der Waals surface area contributed by atoms with E-state index in [0.717, 1.165) is 6.20 Å². The summed E-state index contributed by atoms with van der Waals surface area (Å²) < 4.78 is 16.0. The first-order valence-corrected chi connectivity index (χ1v) is 7.25. The lowest BCUT2D eigenvalue weighted by Gasteiger charge is -2.09. The predicted molar refractivity (Wildman–Crippen MR) is 88.7 cm³/mol. The molecule has 0 aliphatic heterocycles. The van der Waals surface area contributed by atoms with E-state index < -0.39 is 10.7 Å². The standard InChI is InChI=1S/C15H14FN7O2/c1-9-18-4-5-22(9)12-3-2-10(6-11(12)16)7-19-15-20-8-13(23(24)25)14(17)21-15/h2-6,8H,7H2,1H3,(H3,17,19,20,21). The van der Waals surface area contributed by atoms with Crippen LogP contribution in [-0.2, 0) is 6.54 Å². The molecule has 3 aromatic rings. The highest BCUT2D eigenvalue weighted by atomic mass is 19.1. The molecule has 3 N–H and O–H groups in total. The number of hydrogen-bond acceptors (Lipinski definition) is 7. The molecule has 0 unspecified atom stereocenters. The van der Waals surface area contributed by atoms with Gasteiger partial charge in [-0.05, 0) is 24.6 Å². The molecular weight excluding hydrogens is 329 g/mol. The van der Waals surface area contributed by atoms with Crippen molar-refractivity contribution in [2.24, 2.45) is 0 Å². The molecule has 2 heterocycles. The second-order valence-corrected chi connectivity index (χ2v) is 5.20. The van der Waals surface area contributed by atoms with Crippen molar-refractivity contribution in [3.05, 3.63) is 64.1 Å². The van der Waals surface area contributed by atoms with Crippen molar-refractivity contribution in [1.82, 2.24) is 19.5 Å². The fourth-order valence-electron chi connectivity index (χ4n) is 2.28. The lowest BCUT2D eigenvalue weighted by molar-refractivity contribution is -0.384. The maximum atomic E-state index is 14.3. The van der Waals surface area contributed by atoms with Crippen molar-refractivity contribution in [3.8, 4) is 5.69 Å². The zero-order valence-electron chi connectivity index (χ0n) is 13.2. The summed E-state index contributed by atoms with van der Waals surface area (Å²) in [4.78, 5) is 21.7. The molecule has 10 heteroatoms. The van der Waals surface area contributed by atoms with Gasteiger partial charge in [0, 0.05) is 18.9 Å². The summed E-state index contributed by atoms with van der Waals surface area (Å²) in [7, 11) is 0.